The van der Waals surface area contributed by atoms with Crippen LogP contribution in [0.15, 0.2) is 60.7 Å². The smallest absolute Gasteiger partial charge is 0.203 e. The van der Waals surface area contributed by atoms with Crippen LogP contribution in [0.1, 0.15) is 23.3 Å². The molecule has 1 saturated heterocycles. The molecule has 0 aromatic heterocycles. The van der Waals surface area contributed by atoms with Gasteiger partial charge in [0.05, 0.1) is 6.04 Å². The van der Waals surface area contributed by atoms with Crippen molar-refractivity contribution in [2.24, 2.45) is 0 Å². The van der Waals surface area contributed by atoms with Crippen molar-refractivity contribution < 1.29 is 4.52 Å². The van der Waals surface area contributed by atoms with Crippen LogP contribution in [0.5, 0.6) is 0 Å². The number of likely N-dealkylation sites (N-methyl/N-ethyl adjacent to an activating group) is 1. The Morgan fingerprint density at radius 3 is 1.95 bits per heavy atom. The van der Waals surface area contributed by atoms with Crippen molar-refractivity contribution >= 4 is 18.4 Å². The number of hydrogen-bond donors (Lipinski definition) is 0. The number of benzene rings is 2. The normalized spacial score (nSPS) is 29.1. The zero-order valence-corrected chi connectivity index (χ0v) is 14.8. The molecule has 2 aromatic rings. The highest BCUT2D eigenvalue weighted by molar-refractivity contribution is 8.10. The van der Waals surface area contributed by atoms with E-state index in [0.717, 1.165) is 0 Å². The van der Waals surface area contributed by atoms with Gasteiger partial charge in [-0.05, 0) is 44.1 Å². The second-order valence-electron chi connectivity index (χ2n) is 5.70. The predicted molar refractivity (Wildman–Crippen MR) is 95.2 cm³/mol. The van der Waals surface area contributed by atoms with Gasteiger partial charge in [0.25, 0.3) is 0 Å². The molecule has 0 N–H and O–H groups in total. The molecule has 0 radical (unpaired) electrons. The van der Waals surface area contributed by atoms with E-state index in [2.05, 4.69) is 64.9 Å². The molecule has 3 rings (SSSR count). The Balaban J connectivity index is 2.08. The minimum atomic E-state index is -2.18. The summed E-state index contributed by atoms with van der Waals surface area (Å²) in [5.74, 6) is 0. The quantitative estimate of drug-likeness (QED) is 0.782. The Morgan fingerprint density at radius 1 is 0.955 bits per heavy atom. The molecular formula is C17H21N2OPS. The van der Waals surface area contributed by atoms with Crippen molar-refractivity contribution in [1.29, 1.82) is 0 Å². The fourth-order valence-electron chi connectivity index (χ4n) is 2.94. The van der Waals surface area contributed by atoms with Gasteiger partial charge in [0.1, 0.15) is 6.10 Å². The molecule has 0 aliphatic carbocycles. The minimum absolute atomic E-state index is 0.0400. The molecule has 116 valence electrons. The van der Waals surface area contributed by atoms with Gasteiger partial charge >= 0.3 is 0 Å². The minimum Gasteiger partial charge on any atom is -0.316 e. The van der Waals surface area contributed by atoms with Crippen LogP contribution in [-0.2, 0) is 16.3 Å². The van der Waals surface area contributed by atoms with Crippen LogP contribution >= 0.6 is 6.57 Å². The Labute approximate surface area is 137 Å². The first-order valence-corrected chi connectivity index (χ1v) is 9.96. The lowest BCUT2D eigenvalue weighted by molar-refractivity contribution is 0.204. The molecule has 0 spiro atoms. The molecule has 3 nitrogen and oxygen atoms in total. The highest BCUT2D eigenvalue weighted by atomic mass is 32.5. The number of rotatable bonds is 3. The Kier molecular flexibility index (Phi) is 4.49. The molecule has 2 aromatic carbocycles. The van der Waals surface area contributed by atoms with Crippen molar-refractivity contribution in [3.05, 3.63) is 71.8 Å². The summed E-state index contributed by atoms with van der Waals surface area (Å²) in [7, 11) is 6.10. The van der Waals surface area contributed by atoms with Crippen LogP contribution in [0.3, 0.4) is 0 Å². The fourth-order valence-corrected chi connectivity index (χ4v) is 5.52. The molecule has 0 amide bonds. The first kappa shape index (κ1) is 15.9. The van der Waals surface area contributed by atoms with E-state index >= 15 is 0 Å². The maximum Gasteiger partial charge on any atom is 0.203 e. The zero-order valence-electron chi connectivity index (χ0n) is 13.1. The van der Waals surface area contributed by atoms with E-state index in [1.165, 1.54) is 11.1 Å². The second kappa shape index (κ2) is 6.23. The largest absolute Gasteiger partial charge is 0.316 e. The average Bonchev–Trinajstić information content (AvgIpc) is 2.82. The Hall–Kier alpha value is -1.03. The van der Waals surface area contributed by atoms with Gasteiger partial charge in [0.15, 0.2) is 0 Å². The summed E-state index contributed by atoms with van der Waals surface area (Å²) in [6.45, 7) is -2.18. The van der Waals surface area contributed by atoms with E-state index in [9.17, 15) is 0 Å². The van der Waals surface area contributed by atoms with Crippen LogP contribution in [0.25, 0.3) is 0 Å². The van der Waals surface area contributed by atoms with Gasteiger partial charge in [-0.3, -0.25) is 0 Å². The van der Waals surface area contributed by atoms with E-state index in [4.69, 9.17) is 16.3 Å². The summed E-state index contributed by atoms with van der Waals surface area (Å²) < 4.78 is 10.8. The molecule has 1 unspecified atom stereocenters. The van der Waals surface area contributed by atoms with Gasteiger partial charge in [-0.2, -0.15) is 0 Å². The van der Waals surface area contributed by atoms with E-state index in [0.29, 0.717) is 0 Å². The maximum absolute atomic E-state index is 6.45. The zero-order chi connectivity index (χ0) is 15.7. The van der Waals surface area contributed by atoms with Crippen molar-refractivity contribution in [2.45, 2.75) is 12.1 Å². The third-order valence-electron chi connectivity index (χ3n) is 4.11. The first-order chi connectivity index (χ1) is 10.5. The third kappa shape index (κ3) is 2.66. The highest BCUT2D eigenvalue weighted by Gasteiger charge is 2.47. The Bertz CT molecular complexity index is 678. The summed E-state index contributed by atoms with van der Waals surface area (Å²) >= 11 is 5.91. The molecule has 1 aliphatic heterocycles. The van der Waals surface area contributed by atoms with E-state index in [1.54, 1.807) is 0 Å². The van der Waals surface area contributed by atoms with Crippen molar-refractivity contribution in [2.75, 3.05) is 21.1 Å². The van der Waals surface area contributed by atoms with E-state index < -0.39 is 6.57 Å². The first-order valence-electron chi connectivity index (χ1n) is 7.33. The lowest BCUT2D eigenvalue weighted by Gasteiger charge is -2.31. The summed E-state index contributed by atoms with van der Waals surface area (Å²) in [4.78, 5) is 0. The van der Waals surface area contributed by atoms with E-state index in [1.807, 2.05) is 26.2 Å². The van der Waals surface area contributed by atoms with Crippen LogP contribution in [0, 0.1) is 0 Å². The summed E-state index contributed by atoms with van der Waals surface area (Å²) in [5, 5.41) is 0. The molecule has 1 aliphatic rings. The third-order valence-corrected chi connectivity index (χ3v) is 8.68. The second-order valence-corrected chi connectivity index (χ2v) is 9.75. The standard InChI is InChI=1S/C17H21N2OPS/c1-18(2)21(22)19(3)16(14-10-6-4-7-11-14)17(20-21)15-12-8-5-9-13-15/h4-13,16-17H,1-3H3/t16-,17+,21?/m1/s1. The summed E-state index contributed by atoms with van der Waals surface area (Å²) in [6.07, 6.45) is -0.0400. The predicted octanol–water partition coefficient (Wildman–Crippen LogP) is 4.22. The van der Waals surface area contributed by atoms with E-state index in [-0.39, 0.29) is 12.1 Å². The van der Waals surface area contributed by atoms with Gasteiger partial charge in [0.2, 0.25) is 6.57 Å². The SMILES string of the molecule is CN(C)P1(=S)O[C@@H](c2ccccc2)[C@@H](c2ccccc2)N1C. The molecule has 0 bridgehead atoms. The van der Waals surface area contributed by atoms with Crippen molar-refractivity contribution in [1.82, 2.24) is 9.34 Å². The highest BCUT2D eigenvalue weighted by Crippen LogP contribution is 2.67. The van der Waals surface area contributed by atoms with Crippen LogP contribution in [-0.4, -0.2) is 30.5 Å². The van der Waals surface area contributed by atoms with Crippen molar-refractivity contribution in [3.8, 4) is 0 Å². The monoisotopic (exact) mass is 332 g/mol. The molecule has 1 fully saturated rings. The summed E-state index contributed by atoms with van der Waals surface area (Å²) in [6, 6.07) is 21.0. The van der Waals surface area contributed by atoms with Gasteiger partial charge in [-0.15, -0.1) is 0 Å². The molecular weight excluding hydrogens is 311 g/mol. The topological polar surface area (TPSA) is 15.7 Å². The molecule has 0 saturated carbocycles. The Morgan fingerprint density at radius 2 is 1.45 bits per heavy atom. The molecule has 3 atom stereocenters. The number of hydrogen-bond acceptors (Lipinski definition) is 2. The number of nitrogens with zero attached hydrogens (tertiary/aromatic N) is 2. The fraction of sp³-hybridized carbons (Fsp3) is 0.294. The summed E-state index contributed by atoms with van der Waals surface area (Å²) in [5.41, 5.74) is 2.42. The maximum atomic E-state index is 6.45. The molecule has 22 heavy (non-hydrogen) atoms. The van der Waals surface area contributed by atoms with Crippen LogP contribution < -0.4 is 0 Å². The molecule has 5 heteroatoms. The van der Waals surface area contributed by atoms with Crippen molar-refractivity contribution in [3.63, 3.8) is 0 Å². The lowest BCUT2D eigenvalue weighted by Crippen LogP contribution is -2.23. The average molecular weight is 332 g/mol. The molecule has 1 heterocycles. The van der Waals surface area contributed by atoms with Gasteiger partial charge in [0, 0.05) is 0 Å². The van der Waals surface area contributed by atoms with Gasteiger partial charge < -0.3 is 4.52 Å². The van der Waals surface area contributed by atoms with Gasteiger partial charge in [-0.1, -0.05) is 60.7 Å². The van der Waals surface area contributed by atoms with Crippen LogP contribution in [0.2, 0.25) is 0 Å². The van der Waals surface area contributed by atoms with Crippen LogP contribution in [0.4, 0.5) is 0 Å². The van der Waals surface area contributed by atoms with Gasteiger partial charge in [-0.25, -0.2) is 9.34 Å². The lowest BCUT2D eigenvalue weighted by atomic mass is 9.96.